The molecule has 0 saturated carbocycles. The van der Waals surface area contributed by atoms with Crippen LogP contribution in [0, 0.1) is 0 Å². The molecule has 0 aliphatic rings. The number of hydrogen-bond acceptors (Lipinski definition) is 3. The molecule has 1 aromatic carbocycles. The molecule has 17 heavy (non-hydrogen) atoms. The Morgan fingerprint density at radius 1 is 1.24 bits per heavy atom. The van der Waals surface area contributed by atoms with Crippen molar-refractivity contribution in [3.05, 3.63) is 53.5 Å². The number of methoxy groups -OCH3 is 1. The molecule has 0 aliphatic carbocycles. The van der Waals surface area contributed by atoms with Crippen molar-refractivity contribution in [2.45, 2.75) is 6.42 Å². The fourth-order valence-electron chi connectivity index (χ4n) is 1.53. The number of hydrogen-bond donors (Lipinski definition) is 1. The second-order valence-corrected chi connectivity index (χ2v) is 3.60. The summed E-state index contributed by atoms with van der Waals surface area (Å²) in [6.45, 7) is 0. The van der Waals surface area contributed by atoms with Crippen LogP contribution in [-0.4, -0.2) is 18.2 Å². The van der Waals surface area contributed by atoms with Crippen LogP contribution < -0.4 is 4.74 Å². The molecule has 0 bridgehead atoms. The van der Waals surface area contributed by atoms with Gasteiger partial charge in [-0.1, -0.05) is 12.1 Å². The molecule has 0 aliphatic heterocycles. The highest BCUT2D eigenvalue weighted by atomic mass is 16.5. The van der Waals surface area contributed by atoms with E-state index < -0.39 is 5.97 Å². The third-order valence-corrected chi connectivity index (χ3v) is 2.41. The zero-order valence-corrected chi connectivity index (χ0v) is 9.34. The van der Waals surface area contributed by atoms with Crippen molar-refractivity contribution in [1.82, 2.24) is 0 Å². The van der Waals surface area contributed by atoms with Gasteiger partial charge >= 0.3 is 5.97 Å². The second-order valence-electron chi connectivity index (χ2n) is 3.60. The molecule has 0 spiro atoms. The Bertz CT molecular complexity index is 510. The first kappa shape index (κ1) is 11.3. The summed E-state index contributed by atoms with van der Waals surface area (Å²) in [7, 11) is 1.61. The highest BCUT2D eigenvalue weighted by molar-refractivity contribution is 5.84. The number of furan rings is 1. The summed E-state index contributed by atoms with van der Waals surface area (Å²) in [5, 5.41) is 8.72. The maximum atomic E-state index is 10.6. The van der Waals surface area contributed by atoms with E-state index in [-0.39, 0.29) is 5.76 Å². The van der Waals surface area contributed by atoms with E-state index in [2.05, 4.69) is 0 Å². The Kier molecular flexibility index (Phi) is 3.14. The van der Waals surface area contributed by atoms with Crippen LogP contribution in [0.2, 0.25) is 0 Å². The average Bonchev–Trinajstić information content (AvgIpc) is 2.79. The number of benzene rings is 1. The van der Waals surface area contributed by atoms with Crippen LogP contribution in [-0.2, 0) is 6.42 Å². The van der Waals surface area contributed by atoms with Crippen molar-refractivity contribution in [2.75, 3.05) is 7.11 Å². The van der Waals surface area contributed by atoms with E-state index >= 15 is 0 Å². The third-order valence-electron chi connectivity index (χ3n) is 2.41. The molecule has 0 radical (unpaired) electrons. The topological polar surface area (TPSA) is 59.7 Å². The van der Waals surface area contributed by atoms with Gasteiger partial charge in [-0.3, -0.25) is 0 Å². The lowest BCUT2D eigenvalue weighted by Gasteiger charge is -2.01. The van der Waals surface area contributed by atoms with Crippen LogP contribution >= 0.6 is 0 Å². The highest BCUT2D eigenvalue weighted by Crippen LogP contribution is 2.16. The molecule has 1 heterocycles. The summed E-state index contributed by atoms with van der Waals surface area (Å²) in [4.78, 5) is 10.6. The summed E-state index contributed by atoms with van der Waals surface area (Å²) in [6, 6.07) is 10.7. The minimum atomic E-state index is -1.05. The van der Waals surface area contributed by atoms with E-state index in [4.69, 9.17) is 14.3 Å². The lowest BCUT2D eigenvalue weighted by atomic mass is 10.1. The molecule has 1 aromatic heterocycles. The van der Waals surface area contributed by atoms with Gasteiger partial charge < -0.3 is 14.3 Å². The molecule has 4 nitrogen and oxygen atoms in total. The van der Waals surface area contributed by atoms with Gasteiger partial charge in [-0.05, 0) is 29.8 Å². The summed E-state index contributed by atoms with van der Waals surface area (Å²) in [5.74, 6) is 0.339. The lowest BCUT2D eigenvalue weighted by Crippen LogP contribution is -1.92. The van der Waals surface area contributed by atoms with Gasteiger partial charge in [0.15, 0.2) is 0 Å². The third kappa shape index (κ3) is 2.66. The van der Waals surface area contributed by atoms with Crippen molar-refractivity contribution < 1.29 is 19.1 Å². The van der Waals surface area contributed by atoms with E-state index in [1.807, 2.05) is 24.3 Å². The minimum absolute atomic E-state index is 0.0338. The van der Waals surface area contributed by atoms with Gasteiger partial charge in [-0.2, -0.15) is 0 Å². The molecule has 88 valence electrons. The summed E-state index contributed by atoms with van der Waals surface area (Å²) >= 11 is 0. The molecule has 0 fully saturated rings. The van der Waals surface area contributed by atoms with E-state index in [0.29, 0.717) is 12.2 Å². The Hall–Kier alpha value is -2.23. The summed E-state index contributed by atoms with van der Waals surface area (Å²) in [6.07, 6.45) is 0.567. The largest absolute Gasteiger partial charge is 0.497 e. The zero-order chi connectivity index (χ0) is 12.3. The average molecular weight is 232 g/mol. The first-order valence-electron chi connectivity index (χ1n) is 5.14. The number of rotatable bonds is 4. The molecule has 1 N–H and O–H groups in total. The molecule has 4 heteroatoms. The number of aromatic carboxylic acids is 1. The molecule has 0 saturated heterocycles. The summed E-state index contributed by atoms with van der Waals surface area (Å²) in [5.41, 5.74) is 1.04. The predicted octanol–water partition coefficient (Wildman–Crippen LogP) is 2.58. The maximum Gasteiger partial charge on any atom is 0.371 e. The molecular formula is C13H12O4. The van der Waals surface area contributed by atoms with Crippen LogP contribution in [0.25, 0.3) is 0 Å². The van der Waals surface area contributed by atoms with E-state index in [1.54, 1.807) is 13.2 Å². The first-order valence-corrected chi connectivity index (χ1v) is 5.14. The van der Waals surface area contributed by atoms with E-state index in [9.17, 15) is 4.79 Å². The normalized spacial score (nSPS) is 10.2. The number of carboxylic acids is 1. The summed E-state index contributed by atoms with van der Waals surface area (Å²) < 4.78 is 10.2. The van der Waals surface area contributed by atoms with Gasteiger partial charge in [0, 0.05) is 6.42 Å². The Labute approximate surface area is 98.4 Å². The fraction of sp³-hybridized carbons (Fsp3) is 0.154. The molecule has 0 amide bonds. The van der Waals surface area contributed by atoms with Gasteiger partial charge in [0.25, 0.3) is 0 Å². The smallest absolute Gasteiger partial charge is 0.371 e. The van der Waals surface area contributed by atoms with E-state index in [0.717, 1.165) is 11.3 Å². The SMILES string of the molecule is COc1ccc(Cc2ccc(C(=O)O)o2)cc1. The van der Waals surface area contributed by atoms with Crippen molar-refractivity contribution in [1.29, 1.82) is 0 Å². The van der Waals surface area contributed by atoms with Crippen LogP contribution in [0.3, 0.4) is 0 Å². The minimum Gasteiger partial charge on any atom is -0.497 e. The second kappa shape index (κ2) is 4.74. The molecule has 0 atom stereocenters. The van der Waals surface area contributed by atoms with Crippen LogP contribution in [0.5, 0.6) is 5.75 Å². The van der Waals surface area contributed by atoms with Gasteiger partial charge in [-0.15, -0.1) is 0 Å². The first-order chi connectivity index (χ1) is 8.19. The standard InChI is InChI=1S/C13H12O4/c1-16-10-4-2-9(3-5-10)8-11-6-7-12(17-11)13(14)15/h2-7H,8H2,1H3,(H,14,15). The van der Waals surface area contributed by atoms with Crippen molar-refractivity contribution >= 4 is 5.97 Å². The highest BCUT2D eigenvalue weighted by Gasteiger charge is 2.09. The number of ether oxygens (including phenoxy) is 1. The van der Waals surface area contributed by atoms with Gasteiger partial charge in [0.05, 0.1) is 7.11 Å². The molecular weight excluding hydrogens is 220 g/mol. The van der Waals surface area contributed by atoms with Crippen LogP contribution in [0.15, 0.2) is 40.8 Å². The van der Waals surface area contributed by atoms with Crippen LogP contribution in [0.1, 0.15) is 21.9 Å². The maximum absolute atomic E-state index is 10.6. The molecule has 0 unspecified atom stereocenters. The molecule has 2 rings (SSSR count). The predicted molar refractivity (Wildman–Crippen MR) is 61.5 cm³/mol. The lowest BCUT2D eigenvalue weighted by molar-refractivity contribution is 0.0660. The Morgan fingerprint density at radius 3 is 2.47 bits per heavy atom. The number of carboxylic acid groups (broad SMARTS) is 1. The Morgan fingerprint density at radius 2 is 1.94 bits per heavy atom. The van der Waals surface area contributed by atoms with E-state index in [1.165, 1.54) is 6.07 Å². The number of carbonyl (C=O) groups is 1. The molecule has 2 aromatic rings. The van der Waals surface area contributed by atoms with Crippen LogP contribution in [0.4, 0.5) is 0 Å². The zero-order valence-electron chi connectivity index (χ0n) is 9.34. The fourth-order valence-corrected chi connectivity index (χ4v) is 1.53. The van der Waals surface area contributed by atoms with Crippen molar-refractivity contribution in [3.8, 4) is 5.75 Å². The van der Waals surface area contributed by atoms with Crippen molar-refractivity contribution in [3.63, 3.8) is 0 Å². The van der Waals surface area contributed by atoms with Crippen molar-refractivity contribution in [2.24, 2.45) is 0 Å². The Balaban J connectivity index is 2.11. The van der Waals surface area contributed by atoms with Gasteiger partial charge in [0.1, 0.15) is 11.5 Å². The quantitative estimate of drug-likeness (QED) is 0.880. The van der Waals surface area contributed by atoms with Gasteiger partial charge in [0.2, 0.25) is 5.76 Å². The monoisotopic (exact) mass is 232 g/mol. The van der Waals surface area contributed by atoms with Gasteiger partial charge in [-0.25, -0.2) is 4.79 Å².